The Balaban J connectivity index is 2.06. The van der Waals surface area contributed by atoms with Crippen LogP contribution in [0.1, 0.15) is 32.6 Å². The van der Waals surface area contributed by atoms with Gasteiger partial charge in [-0.3, -0.25) is 0 Å². The van der Waals surface area contributed by atoms with E-state index in [9.17, 15) is 0 Å². The summed E-state index contributed by atoms with van der Waals surface area (Å²) in [5.41, 5.74) is 0.381. The van der Waals surface area contributed by atoms with Crippen molar-refractivity contribution in [1.82, 2.24) is 9.97 Å². The van der Waals surface area contributed by atoms with Crippen LogP contribution in [0.4, 0.5) is 0 Å². The average molecular weight is 234 g/mol. The molecule has 1 aliphatic carbocycles. The largest absolute Gasteiger partial charge is 0.231 e. The summed E-state index contributed by atoms with van der Waals surface area (Å²) in [7, 11) is 0. The van der Waals surface area contributed by atoms with E-state index in [2.05, 4.69) is 23.5 Å². The number of aromatic nitrogens is 2. The van der Waals surface area contributed by atoms with Crippen molar-refractivity contribution >= 4 is 11.8 Å². The summed E-state index contributed by atoms with van der Waals surface area (Å²) in [6.07, 6.45) is 10.7. The lowest BCUT2D eigenvalue weighted by Crippen LogP contribution is -2.23. The van der Waals surface area contributed by atoms with Crippen molar-refractivity contribution in [2.24, 2.45) is 5.41 Å². The van der Waals surface area contributed by atoms with Crippen LogP contribution >= 0.6 is 11.8 Å². The first-order chi connectivity index (χ1) is 7.74. The predicted molar refractivity (Wildman–Crippen MR) is 68.4 cm³/mol. The van der Waals surface area contributed by atoms with Crippen LogP contribution in [0.5, 0.6) is 0 Å². The molecule has 0 amide bonds. The fourth-order valence-electron chi connectivity index (χ4n) is 2.44. The van der Waals surface area contributed by atoms with Gasteiger partial charge in [0.25, 0.3) is 0 Å². The van der Waals surface area contributed by atoms with E-state index in [1.54, 1.807) is 0 Å². The molecule has 0 unspecified atom stereocenters. The molecule has 0 bridgehead atoms. The van der Waals surface area contributed by atoms with E-state index in [1.165, 1.54) is 19.3 Å². The van der Waals surface area contributed by atoms with Gasteiger partial charge in [0.2, 0.25) is 0 Å². The first-order valence-corrected chi connectivity index (χ1v) is 6.67. The standard InChI is InChI=1S/C13H18N2S/c1-3-7-13(2)8-4-6-11(13)16-12-14-9-5-10-15-12/h3,5,9-11H,1,4,6-8H2,2H3/t11-,13+/m1/s1. The molecule has 0 radical (unpaired) electrons. The van der Waals surface area contributed by atoms with Gasteiger partial charge in [0.15, 0.2) is 5.16 Å². The smallest absolute Gasteiger partial charge is 0.187 e. The minimum absolute atomic E-state index is 0.381. The van der Waals surface area contributed by atoms with Gasteiger partial charge in [-0.25, -0.2) is 9.97 Å². The highest BCUT2D eigenvalue weighted by molar-refractivity contribution is 7.99. The summed E-state index contributed by atoms with van der Waals surface area (Å²) in [5, 5.41) is 1.54. The molecule has 2 rings (SSSR count). The second-order valence-corrected chi connectivity index (χ2v) is 5.85. The number of allylic oxidation sites excluding steroid dienone is 1. The molecule has 2 atom stereocenters. The van der Waals surface area contributed by atoms with Crippen LogP contribution < -0.4 is 0 Å². The Hall–Kier alpha value is -0.830. The lowest BCUT2D eigenvalue weighted by Gasteiger charge is -2.29. The Morgan fingerprint density at radius 1 is 1.56 bits per heavy atom. The van der Waals surface area contributed by atoms with Gasteiger partial charge < -0.3 is 0 Å². The van der Waals surface area contributed by atoms with Crippen molar-refractivity contribution in [3.63, 3.8) is 0 Å². The van der Waals surface area contributed by atoms with Gasteiger partial charge in [-0.1, -0.05) is 31.2 Å². The van der Waals surface area contributed by atoms with Crippen molar-refractivity contribution in [3.05, 3.63) is 31.1 Å². The zero-order chi connectivity index (χ0) is 11.4. The van der Waals surface area contributed by atoms with E-state index in [1.807, 2.05) is 36.3 Å². The third-order valence-corrected chi connectivity index (χ3v) is 4.90. The lowest BCUT2D eigenvalue weighted by atomic mass is 9.85. The number of hydrogen-bond donors (Lipinski definition) is 0. The minimum Gasteiger partial charge on any atom is -0.231 e. The molecule has 1 aromatic rings. The SMILES string of the molecule is C=CC[C@@]1(C)CCC[C@H]1Sc1ncccn1. The summed E-state index contributed by atoms with van der Waals surface area (Å²) >= 11 is 1.83. The van der Waals surface area contributed by atoms with Crippen LogP contribution in [0.25, 0.3) is 0 Å². The van der Waals surface area contributed by atoms with Gasteiger partial charge in [0.05, 0.1) is 0 Å². The molecule has 0 saturated heterocycles. The van der Waals surface area contributed by atoms with E-state index < -0.39 is 0 Å². The molecule has 1 aliphatic rings. The molecule has 2 nitrogen and oxygen atoms in total. The molecule has 0 aromatic carbocycles. The van der Waals surface area contributed by atoms with E-state index >= 15 is 0 Å². The zero-order valence-corrected chi connectivity index (χ0v) is 10.5. The Labute approximate surface area is 102 Å². The summed E-state index contributed by atoms with van der Waals surface area (Å²) in [5.74, 6) is 0. The normalized spacial score (nSPS) is 29.2. The van der Waals surface area contributed by atoms with E-state index in [-0.39, 0.29) is 0 Å². The van der Waals surface area contributed by atoms with E-state index in [0.717, 1.165) is 11.6 Å². The first kappa shape index (κ1) is 11.6. The van der Waals surface area contributed by atoms with Crippen LogP contribution in [0, 0.1) is 5.41 Å². The van der Waals surface area contributed by atoms with Gasteiger partial charge >= 0.3 is 0 Å². The van der Waals surface area contributed by atoms with Crippen molar-refractivity contribution in [2.45, 2.75) is 43.0 Å². The van der Waals surface area contributed by atoms with Gasteiger partial charge in [-0.15, -0.1) is 6.58 Å². The number of hydrogen-bond acceptors (Lipinski definition) is 3. The van der Waals surface area contributed by atoms with E-state index in [0.29, 0.717) is 10.7 Å². The van der Waals surface area contributed by atoms with Gasteiger partial charge in [0.1, 0.15) is 0 Å². The highest BCUT2D eigenvalue weighted by atomic mass is 32.2. The second kappa shape index (κ2) is 5.00. The Bertz CT molecular complexity index is 352. The molecule has 1 saturated carbocycles. The highest BCUT2D eigenvalue weighted by Crippen LogP contribution is 2.48. The molecule has 86 valence electrons. The molecular formula is C13H18N2S. The zero-order valence-electron chi connectivity index (χ0n) is 9.72. The molecule has 0 spiro atoms. The summed E-state index contributed by atoms with van der Waals surface area (Å²) in [4.78, 5) is 8.59. The minimum atomic E-state index is 0.381. The maximum Gasteiger partial charge on any atom is 0.187 e. The van der Waals surface area contributed by atoms with Crippen molar-refractivity contribution < 1.29 is 0 Å². The summed E-state index contributed by atoms with van der Waals surface area (Å²) in [6.45, 7) is 6.23. The third-order valence-electron chi connectivity index (χ3n) is 3.39. The molecule has 3 heteroatoms. The maximum absolute atomic E-state index is 4.29. The highest BCUT2D eigenvalue weighted by Gasteiger charge is 2.38. The van der Waals surface area contributed by atoms with Crippen LogP contribution in [0.2, 0.25) is 0 Å². The van der Waals surface area contributed by atoms with Crippen LogP contribution in [-0.4, -0.2) is 15.2 Å². The molecule has 1 heterocycles. The van der Waals surface area contributed by atoms with Crippen LogP contribution in [0.3, 0.4) is 0 Å². The fourth-order valence-corrected chi connectivity index (χ4v) is 3.72. The molecule has 1 fully saturated rings. The quantitative estimate of drug-likeness (QED) is 0.587. The molecular weight excluding hydrogens is 216 g/mol. The number of rotatable bonds is 4. The van der Waals surface area contributed by atoms with Crippen LogP contribution in [-0.2, 0) is 0 Å². The van der Waals surface area contributed by atoms with Crippen molar-refractivity contribution in [3.8, 4) is 0 Å². The van der Waals surface area contributed by atoms with Crippen molar-refractivity contribution in [2.75, 3.05) is 0 Å². The molecule has 0 N–H and O–H groups in total. The molecule has 1 aromatic heterocycles. The molecule has 0 aliphatic heterocycles. The first-order valence-electron chi connectivity index (χ1n) is 5.79. The Kier molecular flexibility index (Phi) is 3.64. The summed E-state index contributed by atoms with van der Waals surface area (Å²) in [6, 6.07) is 1.86. The van der Waals surface area contributed by atoms with E-state index in [4.69, 9.17) is 0 Å². The van der Waals surface area contributed by atoms with Crippen molar-refractivity contribution in [1.29, 1.82) is 0 Å². The number of nitrogens with zero attached hydrogens (tertiary/aromatic N) is 2. The fraction of sp³-hybridized carbons (Fsp3) is 0.538. The average Bonchev–Trinajstić information content (AvgIpc) is 2.62. The Morgan fingerprint density at radius 2 is 2.31 bits per heavy atom. The van der Waals surface area contributed by atoms with Gasteiger partial charge in [-0.2, -0.15) is 0 Å². The lowest BCUT2D eigenvalue weighted by molar-refractivity contribution is 0.352. The topological polar surface area (TPSA) is 25.8 Å². The number of thioether (sulfide) groups is 1. The monoisotopic (exact) mass is 234 g/mol. The maximum atomic E-state index is 4.29. The van der Waals surface area contributed by atoms with Crippen LogP contribution in [0.15, 0.2) is 36.3 Å². The second-order valence-electron chi connectivity index (χ2n) is 4.68. The Morgan fingerprint density at radius 3 is 3.00 bits per heavy atom. The predicted octanol–water partition coefficient (Wildman–Crippen LogP) is 3.70. The summed E-state index contributed by atoms with van der Waals surface area (Å²) < 4.78 is 0. The van der Waals surface area contributed by atoms with Gasteiger partial charge in [0, 0.05) is 17.6 Å². The molecule has 16 heavy (non-hydrogen) atoms. The van der Waals surface area contributed by atoms with Gasteiger partial charge in [-0.05, 0) is 30.7 Å². The third kappa shape index (κ3) is 2.46.